The molecule has 2 aromatic rings. The number of rotatable bonds is 4. The molecular formula is C23H29N3O2. The Bertz CT molecular complexity index is 756. The summed E-state index contributed by atoms with van der Waals surface area (Å²) >= 11 is 0. The summed E-state index contributed by atoms with van der Waals surface area (Å²) in [6, 6.07) is 14.2. The van der Waals surface area contributed by atoms with E-state index >= 15 is 0 Å². The number of nitrogens with one attached hydrogen (secondary N) is 1. The van der Waals surface area contributed by atoms with E-state index in [0.717, 1.165) is 25.1 Å². The van der Waals surface area contributed by atoms with E-state index in [9.17, 15) is 9.59 Å². The quantitative estimate of drug-likeness (QED) is 0.866. The van der Waals surface area contributed by atoms with E-state index < -0.39 is 0 Å². The second kappa shape index (κ2) is 10.0. The number of hydrogen-bond acceptors (Lipinski definition) is 3. The van der Waals surface area contributed by atoms with E-state index in [1.807, 2.05) is 23.1 Å². The second-order valence-electron chi connectivity index (χ2n) is 7.66. The van der Waals surface area contributed by atoms with Gasteiger partial charge in [0.25, 0.3) is 0 Å². The lowest BCUT2D eigenvalue weighted by Gasteiger charge is -2.45. The number of pyridine rings is 1. The topological polar surface area (TPSA) is 62.3 Å². The summed E-state index contributed by atoms with van der Waals surface area (Å²) in [5.41, 5.74) is 2.04. The van der Waals surface area contributed by atoms with Gasteiger partial charge in [-0.3, -0.25) is 14.6 Å². The Hall–Kier alpha value is -2.69. The first-order chi connectivity index (χ1) is 13.6. The Morgan fingerprint density at radius 1 is 1.00 bits per heavy atom. The lowest BCUT2D eigenvalue weighted by molar-refractivity contribution is -0.139. The highest BCUT2D eigenvalue weighted by atomic mass is 16.2. The minimum Gasteiger partial charge on any atom is -0.339 e. The maximum atomic E-state index is 12.3. The highest BCUT2D eigenvalue weighted by molar-refractivity contribution is 5.93. The highest BCUT2D eigenvalue weighted by Crippen LogP contribution is 2.35. The monoisotopic (exact) mass is 379 g/mol. The molecule has 2 bridgehead atoms. The van der Waals surface area contributed by atoms with Crippen molar-refractivity contribution < 1.29 is 9.59 Å². The molecule has 5 nitrogen and oxygen atoms in total. The SMILES string of the molecule is Cc1ccccc1.O=C(CCC(=O)N1CC2CCC1CC2)Nc1ccncc1. The fourth-order valence-electron chi connectivity index (χ4n) is 3.93. The maximum Gasteiger partial charge on any atom is 0.224 e. The van der Waals surface area contributed by atoms with Crippen LogP contribution in [0.3, 0.4) is 0 Å². The van der Waals surface area contributed by atoms with Crippen molar-refractivity contribution in [2.45, 2.75) is 51.5 Å². The molecule has 1 aromatic carbocycles. The van der Waals surface area contributed by atoms with Crippen LogP contribution in [0.25, 0.3) is 0 Å². The number of piperidine rings is 2. The third kappa shape index (κ3) is 5.91. The summed E-state index contributed by atoms with van der Waals surface area (Å²) in [7, 11) is 0. The number of benzene rings is 1. The van der Waals surface area contributed by atoms with Gasteiger partial charge in [0.05, 0.1) is 0 Å². The van der Waals surface area contributed by atoms with Crippen molar-refractivity contribution in [3.63, 3.8) is 0 Å². The molecule has 3 aliphatic rings. The molecule has 3 heterocycles. The van der Waals surface area contributed by atoms with E-state index in [-0.39, 0.29) is 18.2 Å². The van der Waals surface area contributed by atoms with Gasteiger partial charge >= 0.3 is 0 Å². The number of carbonyl (C=O) groups excluding carboxylic acids is 2. The van der Waals surface area contributed by atoms with Crippen LogP contribution in [0, 0.1) is 12.8 Å². The highest BCUT2D eigenvalue weighted by Gasteiger charge is 2.35. The van der Waals surface area contributed by atoms with Gasteiger partial charge in [-0.2, -0.15) is 0 Å². The van der Waals surface area contributed by atoms with Crippen LogP contribution in [-0.4, -0.2) is 34.3 Å². The Balaban J connectivity index is 0.000000271. The summed E-state index contributed by atoms with van der Waals surface area (Å²) < 4.78 is 0. The normalized spacial score (nSPS) is 20.1. The first-order valence-corrected chi connectivity index (χ1v) is 10.1. The van der Waals surface area contributed by atoms with Crippen LogP contribution in [0.5, 0.6) is 0 Å². The van der Waals surface area contributed by atoms with Gasteiger partial charge in [0.2, 0.25) is 11.8 Å². The number of fused-ring (bicyclic) bond motifs is 3. The maximum absolute atomic E-state index is 12.3. The Morgan fingerprint density at radius 2 is 1.68 bits per heavy atom. The summed E-state index contributed by atoms with van der Waals surface area (Å²) in [4.78, 5) is 30.0. The molecule has 0 radical (unpaired) electrons. The fraction of sp³-hybridized carbons (Fsp3) is 0.435. The number of amides is 2. The van der Waals surface area contributed by atoms with Gasteiger partial charge in [0.15, 0.2) is 0 Å². The standard InChI is InChI=1S/C16H21N3O2.C7H8/c20-15(18-13-7-9-17-10-8-13)5-6-16(21)19-11-12-1-3-14(19)4-2-12;1-7-5-3-2-4-6-7/h7-10,12,14H,1-6,11H2,(H,17,18,20);2-6H,1H3. The zero-order chi connectivity index (χ0) is 19.8. The molecule has 0 unspecified atom stereocenters. The molecule has 5 rings (SSSR count). The lowest BCUT2D eigenvalue weighted by Crippen LogP contribution is -2.50. The van der Waals surface area contributed by atoms with Crippen molar-refractivity contribution >= 4 is 17.5 Å². The van der Waals surface area contributed by atoms with Gasteiger partial charge in [-0.05, 0) is 50.7 Å². The average Bonchev–Trinajstić information content (AvgIpc) is 2.74. The summed E-state index contributed by atoms with van der Waals surface area (Å²) in [5.74, 6) is 0.704. The largest absolute Gasteiger partial charge is 0.339 e. The summed E-state index contributed by atoms with van der Waals surface area (Å²) in [6.45, 7) is 2.98. The van der Waals surface area contributed by atoms with Gasteiger partial charge in [-0.15, -0.1) is 0 Å². The molecule has 2 amide bonds. The third-order valence-corrected chi connectivity index (χ3v) is 5.50. The number of aromatic nitrogens is 1. The zero-order valence-corrected chi connectivity index (χ0v) is 16.5. The van der Waals surface area contributed by atoms with Crippen LogP contribution in [-0.2, 0) is 9.59 Å². The first-order valence-electron chi connectivity index (χ1n) is 10.1. The Morgan fingerprint density at radius 3 is 2.21 bits per heavy atom. The van der Waals surface area contributed by atoms with E-state index in [2.05, 4.69) is 29.4 Å². The molecular weight excluding hydrogens is 350 g/mol. The number of carbonyl (C=O) groups is 2. The Kier molecular flexibility index (Phi) is 7.18. The molecule has 1 aromatic heterocycles. The van der Waals surface area contributed by atoms with Gasteiger partial charge in [-0.1, -0.05) is 35.9 Å². The van der Waals surface area contributed by atoms with Gasteiger partial charge < -0.3 is 10.2 Å². The van der Waals surface area contributed by atoms with Crippen molar-refractivity contribution in [1.82, 2.24) is 9.88 Å². The summed E-state index contributed by atoms with van der Waals surface area (Å²) in [6.07, 6.45) is 8.61. The lowest BCUT2D eigenvalue weighted by atomic mass is 9.80. The van der Waals surface area contributed by atoms with Crippen molar-refractivity contribution in [2.24, 2.45) is 5.92 Å². The molecule has 1 N–H and O–H groups in total. The number of aryl methyl sites for hydroxylation is 1. The Labute approximate surface area is 167 Å². The van der Waals surface area contributed by atoms with Gasteiger partial charge in [-0.25, -0.2) is 0 Å². The van der Waals surface area contributed by atoms with Gasteiger partial charge in [0, 0.05) is 43.5 Å². The van der Waals surface area contributed by atoms with Crippen molar-refractivity contribution in [3.05, 3.63) is 60.4 Å². The van der Waals surface area contributed by atoms with Crippen LogP contribution in [0.15, 0.2) is 54.9 Å². The minimum atomic E-state index is -0.114. The van der Waals surface area contributed by atoms with E-state index in [0.29, 0.717) is 18.4 Å². The fourth-order valence-corrected chi connectivity index (χ4v) is 3.93. The molecule has 148 valence electrons. The number of anilines is 1. The predicted molar refractivity (Wildman–Crippen MR) is 111 cm³/mol. The van der Waals surface area contributed by atoms with E-state index in [1.54, 1.807) is 24.5 Å². The molecule has 3 fully saturated rings. The molecule has 0 spiro atoms. The molecule has 1 aliphatic carbocycles. The van der Waals surface area contributed by atoms with Crippen molar-refractivity contribution in [3.8, 4) is 0 Å². The van der Waals surface area contributed by atoms with Crippen molar-refractivity contribution in [1.29, 1.82) is 0 Å². The second-order valence-corrected chi connectivity index (χ2v) is 7.66. The molecule has 1 saturated carbocycles. The smallest absolute Gasteiger partial charge is 0.224 e. The van der Waals surface area contributed by atoms with Crippen LogP contribution in [0.1, 0.15) is 44.1 Å². The third-order valence-electron chi connectivity index (χ3n) is 5.50. The average molecular weight is 380 g/mol. The van der Waals surface area contributed by atoms with Crippen LogP contribution in [0.4, 0.5) is 5.69 Å². The van der Waals surface area contributed by atoms with Crippen LogP contribution >= 0.6 is 0 Å². The summed E-state index contributed by atoms with van der Waals surface area (Å²) in [5, 5.41) is 2.78. The molecule has 0 atom stereocenters. The predicted octanol–water partition coefficient (Wildman–Crippen LogP) is 4.20. The molecule has 28 heavy (non-hydrogen) atoms. The van der Waals surface area contributed by atoms with Crippen molar-refractivity contribution in [2.75, 3.05) is 11.9 Å². The minimum absolute atomic E-state index is 0.114. The van der Waals surface area contributed by atoms with E-state index in [1.165, 1.54) is 18.4 Å². The van der Waals surface area contributed by atoms with Crippen LogP contribution in [0.2, 0.25) is 0 Å². The number of nitrogens with zero attached hydrogens (tertiary/aromatic N) is 2. The molecule has 2 saturated heterocycles. The first kappa shape index (κ1) is 20.1. The number of hydrogen-bond donors (Lipinski definition) is 1. The van der Waals surface area contributed by atoms with Crippen LogP contribution < -0.4 is 5.32 Å². The molecule has 2 aliphatic heterocycles. The molecule has 5 heteroatoms. The zero-order valence-electron chi connectivity index (χ0n) is 16.5. The van der Waals surface area contributed by atoms with E-state index in [4.69, 9.17) is 0 Å². The van der Waals surface area contributed by atoms with Gasteiger partial charge in [0.1, 0.15) is 0 Å².